The first-order valence-electron chi connectivity index (χ1n) is 20.7. The molecule has 60 heavy (non-hydrogen) atoms. The standard InChI is InChI=1S/C57H38N2O/c1-57(2)49-28-15-25-45(54(49)48-32-36-18-6-7-19-37(36)33-50(48)57)41-30-31-43(39-21-9-8-20-38(39)41)52-34-51(58-56(59-52)35-16-4-3-5-17-35)42-23-11-10-22-40(42)46-26-14-27-47-44-24-12-13-29-53(44)60-55(46)47/h3-34H,1-2H3. The summed E-state index contributed by atoms with van der Waals surface area (Å²) >= 11 is 0. The summed E-state index contributed by atoms with van der Waals surface area (Å²) in [6, 6.07) is 69.4. The lowest BCUT2D eigenvalue weighted by Crippen LogP contribution is -2.14. The van der Waals surface area contributed by atoms with Crippen molar-refractivity contribution in [2.45, 2.75) is 19.3 Å². The maximum atomic E-state index is 6.56. The molecular weight excluding hydrogens is 729 g/mol. The number of aromatic nitrogens is 2. The number of nitrogens with zero attached hydrogens (tertiary/aromatic N) is 2. The summed E-state index contributed by atoms with van der Waals surface area (Å²) in [6.07, 6.45) is 0. The lowest BCUT2D eigenvalue weighted by Gasteiger charge is -2.22. The highest BCUT2D eigenvalue weighted by molar-refractivity contribution is 6.11. The van der Waals surface area contributed by atoms with Crippen LogP contribution in [0.5, 0.6) is 0 Å². The van der Waals surface area contributed by atoms with Gasteiger partial charge < -0.3 is 4.42 Å². The molecule has 0 aliphatic heterocycles. The average Bonchev–Trinajstić information content (AvgIpc) is 3.80. The van der Waals surface area contributed by atoms with Gasteiger partial charge in [0.15, 0.2) is 5.82 Å². The van der Waals surface area contributed by atoms with Crippen LogP contribution in [0.4, 0.5) is 0 Å². The Balaban J connectivity index is 1.06. The van der Waals surface area contributed by atoms with E-state index in [-0.39, 0.29) is 5.41 Å². The Morgan fingerprint density at radius 3 is 1.78 bits per heavy atom. The Bertz CT molecular complexity index is 3520. The summed E-state index contributed by atoms with van der Waals surface area (Å²) in [7, 11) is 0. The molecule has 0 spiro atoms. The van der Waals surface area contributed by atoms with Gasteiger partial charge in [0.05, 0.1) is 11.4 Å². The monoisotopic (exact) mass is 766 g/mol. The second-order valence-electron chi connectivity index (χ2n) is 16.5. The van der Waals surface area contributed by atoms with E-state index in [2.05, 4.69) is 178 Å². The van der Waals surface area contributed by atoms with Crippen molar-refractivity contribution in [1.29, 1.82) is 0 Å². The summed E-state index contributed by atoms with van der Waals surface area (Å²) in [5, 5.41) is 7.09. The predicted molar refractivity (Wildman–Crippen MR) is 249 cm³/mol. The third-order valence-electron chi connectivity index (χ3n) is 12.7. The fourth-order valence-electron chi connectivity index (χ4n) is 9.79. The molecule has 0 fully saturated rings. The van der Waals surface area contributed by atoms with E-state index in [9.17, 15) is 0 Å². The van der Waals surface area contributed by atoms with E-state index in [1.165, 1.54) is 49.5 Å². The molecule has 0 radical (unpaired) electrons. The molecule has 11 aromatic rings. The lowest BCUT2D eigenvalue weighted by molar-refractivity contribution is 0.661. The molecule has 0 bridgehead atoms. The van der Waals surface area contributed by atoms with Crippen LogP contribution in [0.25, 0.3) is 111 Å². The number of hydrogen-bond acceptors (Lipinski definition) is 3. The van der Waals surface area contributed by atoms with E-state index < -0.39 is 0 Å². The van der Waals surface area contributed by atoms with E-state index in [0.717, 1.165) is 66.5 Å². The van der Waals surface area contributed by atoms with Crippen LogP contribution < -0.4 is 0 Å². The first-order valence-corrected chi connectivity index (χ1v) is 20.7. The van der Waals surface area contributed by atoms with Crippen molar-refractivity contribution in [2.75, 3.05) is 0 Å². The number of benzene rings is 9. The third kappa shape index (κ3) is 5.22. The predicted octanol–water partition coefficient (Wildman–Crippen LogP) is 15.3. The van der Waals surface area contributed by atoms with E-state index in [0.29, 0.717) is 5.82 Å². The molecule has 3 heteroatoms. The lowest BCUT2D eigenvalue weighted by atomic mass is 9.81. The van der Waals surface area contributed by atoms with E-state index in [1.807, 2.05) is 30.3 Å². The van der Waals surface area contributed by atoms with Gasteiger partial charge in [-0.2, -0.15) is 0 Å². The van der Waals surface area contributed by atoms with E-state index in [4.69, 9.17) is 14.4 Å². The maximum Gasteiger partial charge on any atom is 0.160 e. The molecule has 12 rings (SSSR count). The van der Waals surface area contributed by atoms with Crippen molar-refractivity contribution < 1.29 is 4.42 Å². The van der Waals surface area contributed by atoms with Gasteiger partial charge in [0.1, 0.15) is 11.2 Å². The van der Waals surface area contributed by atoms with Crippen molar-refractivity contribution in [2.24, 2.45) is 0 Å². The summed E-state index contributed by atoms with van der Waals surface area (Å²) in [5.41, 5.74) is 16.3. The van der Waals surface area contributed by atoms with Gasteiger partial charge in [-0.05, 0) is 84.8 Å². The van der Waals surface area contributed by atoms with Crippen molar-refractivity contribution >= 4 is 43.5 Å². The van der Waals surface area contributed by atoms with E-state index >= 15 is 0 Å². The van der Waals surface area contributed by atoms with Gasteiger partial charge in [-0.3, -0.25) is 0 Å². The van der Waals surface area contributed by atoms with Crippen LogP contribution in [0.3, 0.4) is 0 Å². The molecule has 0 amide bonds. The minimum Gasteiger partial charge on any atom is -0.455 e. The minimum absolute atomic E-state index is 0.127. The highest BCUT2D eigenvalue weighted by Crippen LogP contribution is 2.54. The van der Waals surface area contributed by atoms with Crippen LogP contribution in [-0.4, -0.2) is 9.97 Å². The van der Waals surface area contributed by atoms with Gasteiger partial charge in [-0.25, -0.2) is 9.97 Å². The molecule has 1 aliphatic rings. The number of fused-ring (bicyclic) bond motifs is 8. The van der Waals surface area contributed by atoms with Crippen molar-refractivity contribution in [1.82, 2.24) is 9.97 Å². The molecule has 3 nitrogen and oxygen atoms in total. The second-order valence-corrected chi connectivity index (χ2v) is 16.5. The quantitative estimate of drug-likeness (QED) is 0.175. The first kappa shape index (κ1) is 34.4. The van der Waals surface area contributed by atoms with Gasteiger partial charge in [0.25, 0.3) is 0 Å². The number of rotatable bonds is 5. The minimum atomic E-state index is -0.127. The SMILES string of the molecule is CC1(C)c2cc3ccccc3cc2-c2c(-c3ccc(-c4cc(-c5ccccc5-c5cccc6c5oc5ccccc56)nc(-c5ccccc5)n4)c4ccccc34)cccc21. The smallest absolute Gasteiger partial charge is 0.160 e. The van der Waals surface area contributed by atoms with Gasteiger partial charge in [0, 0.05) is 38.4 Å². The molecule has 0 saturated heterocycles. The Morgan fingerprint density at radius 1 is 0.383 bits per heavy atom. The Labute approximate surface area is 348 Å². The zero-order valence-electron chi connectivity index (χ0n) is 33.3. The molecule has 2 aromatic heterocycles. The van der Waals surface area contributed by atoms with Gasteiger partial charge >= 0.3 is 0 Å². The van der Waals surface area contributed by atoms with Crippen molar-refractivity contribution in [3.05, 3.63) is 205 Å². The number of para-hydroxylation sites is 2. The molecule has 0 unspecified atom stereocenters. The topological polar surface area (TPSA) is 38.9 Å². The van der Waals surface area contributed by atoms with Crippen LogP contribution in [0.2, 0.25) is 0 Å². The summed E-state index contributed by atoms with van der Waals surface area (Å²) in [6.45, 7) is 4.73. The molecule has 0 N–H and O–H groups in total. The molecule has 2 heterocycles. The molecule has 9 aromatic carbocycles. The van der Waals surface area contributed by atoms with Crippen molar-refractivity contribution in [3.8, 4) is 67.3 Å². The number of hydrogen-bond donors (Lipinski definition) is 0. The highest BCUT2D eigenvalue weighted by Gasteiger charge is 2.37. The normalized spacial score (nSPS) is 13.0. The molecule has 282 valence electrons. The van der Waals surface area contributed by atoms with Gasteiger partial charge in [-0.1, -0.05) is 184 Å². The molecule has 0 atom stereocenters. The van der Waals surface area contributed by atoms with E-state index in [1.54, 1.807) is 0 Å². The molecular formula is C57H38N2O. The van der Waals surface area contributed by atoms with Gasteiger partial charge in [0.2, 0.25) is 0 Å². The Hall–Kier alpha value is -7.62. The first-order chi connectivity index (χ1) is 29.5. The zero-order valence-corrected chi connectivity index (χ0v) is 33.3. The summed E-state index contributed by atoms with van der Waals surface area (Å²) < 4.78 is 6.56. The Morgan fingerprint density at radius 2 is 0.967 bits per heavy atom. The molecule has 0 saturated carbocycles. The van der Waals surface area contributed by atoms with Crippen LogP contribution >= 0.6 is 0 Å². The molecule has 1 aliphatic carbocycles. The van der Waals surface area contributed by atoms with Gasteiger partial charge in [-0.15, -0.1) is 0 Å². The maximum absolute atomic E-state index is 6.56. The fourth-order valence-corrected chi connectivity index (χ4v) is 9.79. The van der Waals surface area contributed by atoms with Crippen LogP contribution in [0.15, 0.2) is 199 Å². The van der Waals surface area contributed by atoms with Crippen molar-refractivity contribution in [3.63, 3.8) is 0 Å². The summed E-state index contributed by atoms with van der Waals surface area (Å²) in [4.78, 5) is 10.6. The zero-order chi connectivity index (χ0) is 40.0. The Kier molecular flexibility index (Phi) is 7.58. The second kappa shape index (κ2) is 13.2. The van der Waals surface area contributed by atoms with Crippen LogP contribution in [0, 0.1) is 0 Å². The highest BCUT2D eigenvalue weighted by atomic mass is 16.3. The fraction of sp³-hybridized carbons (Fsp3) is 0.0526. The summed E-state index contributed by atoms with van der Waals surface area (Å²) in [5.74, 6) is 0.681. The van der Waals surface area contributed by atoms with Crippen LogP contribution in [0.1, 0.15) is 25.0 Å². The number of furan rings is 1. The average molecular weight is 767 g/mol. The third-order valence-corrected chi connectivity index (χ3v) is 12.7. The van der Waals surface area contributed by atoms with Crippen LogP contribution in [-0.2, 0) is 5.41 Å². The largest absolute Gasteiger partial charge is 0.455 e.